The van der Waals surface area contributed by atoms with E-state index in [1.54, 1.807) is 0 Å². The van der Waals surface area contributed by atoms with Gasteiger partial charge in [-0.15, -0.1) is 0 Å². The highest BCUT2D eigenvalue weighted by Gasteiger charge is 2.12. The van der Waals surface area contributed by atoms with E-state index in [1.165, 1.54) is 5.56 Å². The molecule has 0 amide bonds. The maximum Gasteiger partial charge on any atom is 0.107 e. The number of nitrogens with two attached hydrogens (primary N) is 1. The largest absolute Gasteiger partial charge is 0.342 e. The Bertz CT molecular complexity index is 506. The molecule has 1 aromatic carbocycles. The van der Waals surface area contributed by atoms with Crippen molar-refractivity contribution in [3.05, 3.63) is 29.6 Å². The van der Waals surface area contributed by atoms with Crippen LogP contribution in [0.25, 0.3) is 11.0 Å². The summed E-state index contributed by atoms with van der Waals surface area (Å²) < 4.78 is 0. The standard InChI is InChI=1S/C14H21N3/c1-4-10-5-6-11-12(9-10)17-13(16-11)7-8-14(2,3)15/h5-6,9H,4,7-8,15H2,1-3H3,(H,16,17). The molecule has 1 aromatic heterocycles. The number of aromatic amines is 1. The Kier molecular flexibility index (Phi) is 3.20. The zero-order valence-electron chi connectivity index (χ0n) is 10.9. The molecule has 0 aliphatic carbocycles. The molecule has 0 aliphatic heterocycles. The molecule has 3 nitrogen and oxygen atoms in total. The Balaban J connectivity index is 2.20. The van der Waals surface area contributed by atoms with E-state index >= 15 is 0 Å². The number of nitrogens with zero attached hydrogens (tertiary/aromatic N) is 1. The van der Waals surface area contributed by atoms with Crippen LogP contribution in [-0.2, 0) is 12.8 Å². The number of hydrogen-bond acceptors (Lipinski definition) is 2. The second-order valence-electron chi connectivity index (χ2n) is 5.38. The van der Waals surface area contributed by atoms with Gasteiger partial charge in [-0.25, -0.2) is 4.98 Å². The van der Waals surface area contributed by atoms with Crippen molar-refractivity contribution in [2.24, 2.45) is 5.73 Å². The molecule has 3 N–H and O–H groups in total. The van der Waals surface area contributed by atoms with E-state index in [0.717, 1.165) is 36.1 Å². The summed E-state index contributed by atoms with van der Waals surface area (Å²) in [5.74, 6) is 1.03. The van der Waals surface area contributed by atoms with E-state index in [4.69, 9.17) is 5.73 Å². The first-order valence-electron chi connectivity index (χ1n) is 6.24. The molecule has 1 heterocycles. The van der Waals surface area contributed by atoms with Crippen LogP contribution in [0.2, 0.25) is 0 Å². The number of benzene rings is 1. The fourth-order valence-electron chi connectivity index (χ4n) is 1.89. The zero-order valence-corrected chi connectivity index (χ0v) is 10.9. The molecular formula is C14H21N3. The van der Waals surface area contributed by atoms with Crippen LogP contribution in [0.4, 0.5) is 0 Å². The molecule has 3 heteroatoms. The number of H-pyrrole nitrogens is 1. The summed E-state index contributed by atoms with van der Waals surface area (Å²) >= 11 is 0. The maximum atomic E-state index is 5.98. The molecule has 92 valence electrons. The van der Waals surface area contributed by atoms with Gasteiger partial charge in [0.2, 0.25) is 0 Å². The third-order valence-electron chi connectivity index (χ3n) is 3.01. The van der Waals surface area contributed by atoms with Gasteiger partial charge in [0.05, 0.1) is 11.0 Å². The van der Waals surface area contributed by atoms with E-state index in [2.05, 4.69) is 35.1 Å². The first-order chi connectivity index (χ1) is 7.98. The molecule has 17 heavy (non-hydrogen) atoms. The highest BCUT2D eigenvalue weighted by atomic mass is 14.9. The summed E-state index contributed by atoms with van der Waals surface area (Å²) in [5, 5.41) is 0. The van der Waals surface area contributed by atoms with Crippen molar-refractivity contribution in [1.82, 2.24) is 9.97 Å². The molecule has 0 spiro atoms. The Morgan fingerprint density at radius 1 is 1.35 bits per heavy atom. The molecule has 0 bridgehead atoms. The number of aromatic nitrogens is 2. The second kappa shape index (κ2) is 4.49. The third-order valence-corrected chi connectivity index (χ3v) is 3.01. The minimum atomic E-state index is -0.131. The lowest BCUT2D eigenvalue weighted by atomic mass is 10.0. The summed E-state index contributed by atoms with van der Waals surface area (Å²) in [7, 11) is 0. The Morgan fingerprint density at radius 3 is 2.76 bits per heavy atom. The van der Waals surface area contributed by atoms with Gasteiger partial charge < -0.3 is 10.7 Å². The van der Waals surface area contributed by atoms with Gasteiger partial charge in [0.1, 0.15) is 5.82 Å². The average Bonchev–Trinajstić information content (AvgIpc) is 2.66. The predicted molar refractivity (Wildman–Crippen MR) is 72.1 cm³/mol. The molecule has 0 aliphatic rings. The molecular weight excluding hydrogens is 210 g/mol. The van der Waals surface area contributed by atoms with Gasteiger partial charge in [0.15, 0.2) is 0 Å². The van der Waals surface area contributed by atoms with Crippen molar-refractivity contribution in [1.29, 1.82) is 0 Å². The van der Waals surface area contributed by atoms with Crippen molar-refractivity contribution < 1.29 is 0 Å². The van der Waals surface area contributed by atoms with Crippen LogP contribution in [0.1, 0.15) is 38.6 Å². The monoisotopic (exact) mass is 231 g/mol. The Labute approximate surface area is 102 Å². The topological polar surface area (TPSA) is 54.7 Å². The number of nitrogens with one attached hydrogen (secondary N) is 1. The zero-order chi connectivity index (χ0) is 12.5. The minimum absolute atomic E-state index is 0.131. The lowest BCUT2D eigenvalue weighted by molar-refractivity contribution is 0.472. The lowest BCUT2D eigenvalue weighted by Gasteiger charge is -2.16. The van der Waals surface area contributed by atoms with Crippen LogP contribution in [0.5, 0.6) is 0 Å². The van der Waals surface area contributed by atoms with Gasteiger partial charge in [0, 0.05) is 12.0 Å². The number of rotatable bonds is 4. The first-order valence-corrected chi connectivity index (χ1v) is 6.24. The SMILES string of the molecule is CCc1ccc2nc(CCC(C)(C)N)[nH]c2c1. The molecule has 0 saturated carbocycles. The van der Waals surface area contributed by atoms with E-state index < -0.39 is 0 Å². The summed E-state index contributed by atoms with van der Waals surface area (Å²) in [6.45, 7) is 6.26. The Hall–Kier alpha value is -1.35. The summed E-state index contributed by atoms with van der Waals surface area (Å²) in [5.41, 5.74) is 9.37. The smallest absolute Gasteiger partial charge is 0.107 e. The fourth-order valence-corrected chi connectivity index (χ4v) is 1.89. The highest BCUT2D eigenvalue weighted by Crippen LogP contribution is 2.16. The molecule has 0 radical (unpaired) electrons. The molecule has 2 aromatic rings. The van der Waals surface area contributed by atoms with Crippen molar-refractivity contribution in [2.45, 2.75) is 45.6 Å². The molecule has 0 fully saturated rings. The minimum Gasteiger partial charge on any atom is -0.342 e. The normalized spacial score (nSPS) is 12.2. The number of fused-ring (bicyclic) bond motifs is 1. The molecule has 0 saturated heterocycles. The van der Waals surface area contributed by atoms with Gasteiger partial charge in [-0.1, -0.05) is 13.0 Å². The number of imidazole rings is 1. The first kappa shape index (κ1) is 12.1. The van der Waals surface area contributed by atoms with Gasteiger partial charge in [-0.05, 0) is 44.4 Å². The summed E-state index contributed by atoms with van der Waals surface area (Å²) in [4.78, 5) is 7.96. The van der Waals surface area contributed by atoms with Gasteiger partial charge >= 0.3 is 0 Å². The number of hydrogen-bond donors (Lipinski definition) is 2. The lowest BCUT2D eigenvalue weighted by Crippen LogP contribution is -2.32. The van der Waals surface area contributed by atoms with Crippen LogP contribution >= 0.6 is 0 Å². The van der Waals surface area contributed by atoms with Crippen molar-refractivity contribution in [2.75, 3.05) is 0 Å². The van der Waals surface area contributed by atoms with Crippen LogP contribution in [0.15, 0.2) is 18.2 Å². The van der Waals surface area contributed by atoms with Gasteiger partial charge in [-0.2, -0.15) is 0 Å². The van der Waals surface area contributed by atoms with Crippen LogP contribution in [0.3, 0.4) is 0 Å². The number of aryl methyl sites for hydroxylation is 2. The third kappa shape index (κ3) is 3.07. The molecule has 2 rings (SSSR count). The average molecular weight is 231 g/mol. The molecule has 0 atom stereocenters. The van der Waals surface area contributed by atoms with Crippen molar-refractivity contribution in [3.8, 4) is 0 Å². The van der Waals surface area contributed by atoms with Gasteiger partial charge in [-0.3, -0.25) is 0 Å². The highest BCUT2D eigenvalue weighted by molar-refractivity contribution is 5.75. The summed E-state index contributed by atoms with van der Waals surface area (Å²) in [6, 6.07) is 6.40. The van der Waals surface area contributed by atoms with E-state index in [0.29, 0.717) is 0 Å². The van der Waals surface area contributed by atoms with Crippen LogP contribution in [-0.4, -0.2) is 15.5 Å². The quantitative estimate of drug-likeness (QED) is 0.850. The maximum absolute atomic E-state index is 5.98. The second-order valence-corrected chi connectivity index (χ2v) is 5.38. The van der Waals surface area contributed by atoms with E-state index in [9.17, 15) is 0 Å². The van der Waals surface area contributed by atoms with Crippen molar-refractivity contribution in [3.63, 3.8) is 0 Å². The van der Waals surface area contributed by atoms with E-state index in [-0.39, 0.29) is 5.54 Å². The van der Waals surface area contributed by atoms with Crippen LogP contribution in [0, 0.1) is 0 Å². The Morgan fingerprint density at radius 2 is 2.12 bits per heavy atom. The predicted octanol–water partition coefficient (Wildman–Crippen LogP) is 2.80. The van der Waals surface area contributed by atoms with Gasteiger partial charge in [0.25, 0.3) is 0 Å². The van der Waals surface area contributed by atoms with E-state index in [1.807, 2.05) is 13.8 Å². The van der Waals surface area contributed by atoms with Crippen molar-refractivity contribution >= 4 is 11.0 Å². The summed E-state index contributed by atoms with van der Waals surface area (Å²) in [6.07, 6.45) is 2.90. The van der Waals surface area contributed by atoms with Crippen LogP contribution < -0.4 is 5.73 Å². The molecule has 0 unspecified atom stereocenters. The fraction of sp³-hybridized carbons (Fsp3) is 0.500.